The Morgan fingerprint density at radius 3 is 2.59 bits per heavy atom. The maximum atomic E-state index is 12.8. The van der Waals surface area contributed by atoms with Crippen LogP contribution in [0.1, 0.15) is 36.1 Å². The molecule has 166 valence electrons. The number of carbonyl (C=O) groups is 3. The molecule has 2 aromatic rings. The zero-order valence-electron chi connectivity index (χ0n) is 17.8. The minimum atomic E-state index is -0.443. The number of fused-ring (bicyclic) bond motifs is 1. The number of carbonyl (C=O) groups excluding carboxylic acids is 3. The molecule has 2 saturated heterocycles. The zero-order chi connectivity index (χ0) is 22.1. The van der Waals surface area contributed by atoms with Crippen molar-refractivity contribution in [3.8, 4) is 0 Å². The van der Waals surface area contributed by atoms with Gasteiger partial charge >= 0.3 is 0 Å². The number of rotatable bonds is 4. The monoisotopic (exact) mass is 451 g/mol. The summed E-state index contributed by atoms with van der Waals surface area (Å²) in [5.74, 6) is 0.667. The summed E-state index contributed by atoms with van der Waals surface area (Å²) >= 11 is 0.853. The Bertz CT molecular complexity index is 1090. The average molecular weight is 452 g/mol. The summed E-state index contributed by atoms with van der Waals surface area (Å²) in [6.07, 6.45) is 5.90. The van der Waals surface area contributed by atoms with Crippen LogP contribution in [0, 0.1) is 0 Å². The first-order valence-electron chi connectivity index (χ1n) is 11.0. The predicted molar refractivity (Wildman–Crippen MR) is 123 cm³/mol. The number of benzene rings is 1. The summed E-state index contributed by atoms with van der Waals surface area (Å²) in [5, 5.41) is -0.421. The van der Waals surface area contributed by atoms with Crippen molar-refractivity contribution in [2.75, 3.05) is 31.1 Å². The Balaban J connectivity index is 1.24. The highest BCUT2D eigenvalue weighted by Gasteiger charge is 2.37. The van der Waals surface area contributed by atoms with Crippen molar-refractivity contribution in [2.45, 2.75) is 32.2 Å². The van der Waals surface area contributed by atoms with Gasteiger partial charge in [-0.25, -0.2) is 0 Å². The molecule has 3 amide bonds. The summed E-state index contributed by atoms with van der Waals surface area (Å²) in [4.78, 5) is 43.4. The highest BCUT2D eigenvalue weighted by atomic mass is 32.2. The second-order valence-corrected chi connectivity index (χ2v) is 9.32. The third-order valence-electron chi connectivity index (χ3n) is 6.20. The smallest absolute Gasteiger partial charge is 0.294 e. The molecule has 5 rings (SSSR count). The van der Waals surface area contributed by atoms with Gasteiger partial charge in [0.05, 0.1) is 4.91 Å². The van der Waals surface area contributed by atoms with E-state index >= 15 is 0 Å². The van der Waals surface area contributed by atoms with E-state index in [1.807, 2.05) is 30.3 Å². The van der Waals surface area contributed by atoms with Crippen LogP contribution in [0.2, 0.25) is 0 Å². The summed E-state index contributed by atoms with van der Waals surface area (Å²) < 4.78 is 5.89. The maximum Gasteiger partial charge on any atom is 0.294 e. The summed E-state index contributed by atoms with van der Waals surface area (Å²) in [5.41, 5.74) is 2.36. The van der Waals surface area contributed by atoms with Gasteiger partial charge in [-0.05, 0) is 54.6 Å². The van der Waals surface area contributed by atoms with Gasteiger partial charge < -0.3 is 14.2 Å². The number of nitrogens with zero attached hydrogens (tertiary/aromatic N) is 3. The van der Waals surface area contributed by atoms with Crippen molar-refractivity contribution < 1.29 is 18.8 Å². The number of furan rings is 1. The van der Waals surface area contributed by atoms with E-state index in [1.54, 1.807) is 11.0 Å². The molecule has 0 aliphatic carbocycles. The van der Waals surface area contributed by atoms with E-state index in [2.05, 4.69) is 11.0 Å². The van der Waals surface area contributed by atoms with Crippen molar-refractivity contribution in [1.29, 1.82) is 0 Å². The van der Waals surface area contributed by atoms with Gasteiger partial charge in [-0.15, -0.1) is 0 Å². The highest BCUT2D eigenvalue weighted by molar-refractivity contribution is 8.18. The zero-order valence-corrected chi connectivity index (χ0v) is 18.6. The van der Waals surface area contributed by atoms with Gasteiger partial charge in [0.15, 0.2) is 5.88 Å². The lowest BCUT2D eigenvalue weighted by Gasteiger charge is -2.29. The lowest BCUT2D eigenvalue weighted by molar-refractivity contribution is -0.136. The molecule has 0 spiro atoms. The predicted octanol–water partition coefficient (Wildman–Crippen LogP) is 3.89. The van der Waals surface area contributed by atoms with Crippen LogP contribution < -0.4 is 4.90 Å². The van der Waals surface area contributed by atoms with E-state index in [0.29, 0.717) is 18.8 Å². The van der Waals surface area contributed by atoms with Crippen LogP contribution >= 0.6 is 11.8 Å². The lowest BCUT2D eigenvalue weighted by Crippen LogP contribution is -2.44. The number of amides is 3. The summed E-state index contributed by atoms with van der Waals surface area (Å²) in [6.45, 7) is 2.79. The topological polar surface area (TPSA) is 74.1 Å². The number of imide groups is 1. The molecular formula is C24H25N3O4S. The van der Waals surface area contributed by atoms with Crippen LogP contribution in [-0.2, 0) is 22.6 Å². The number of hydrogen-bond acceptors (Lipinski definition) is 6. The van der Waals surface area contributed by atoms with Gasteiger partial charge in [0.2, 0.25) is 5.91 Å². The molecule has 1 aromatic carbocycles. The van der Waals surface area contributed by atoms with E-state index in [1.165, 1.54) is 12.0 Å². The minimum Gasteiger partial charge on any atom is -0.441 e. The van der Waals surface area contributed by atoms with Crippen LogP contribution in [0.4, 0.5) is 10.7 Å². The highest BCUT2D eigenvalue weighted by Crippen LogP contribution is 2.33. The molecular weight excluding hydrogens is 426 g/mol. The molecule has 0 atom stereocenters. The largest absolute Gasteiger partial charge is 0.441 e. The van der Waals surface area contributed by atoms with Gasteiger partial charge in [0.25, 0.3) is 11.1 Å². The second kappa shape index (κ2) is 8.86. The molecule has 7 nitrogen and oxygen atoms in total. The Morgan fingerprint density at radius 1 is 1.00 bits per heavy atom. The molecule has 3 aliphatic heterocycles. The minimum absolute atomic E-state index is 0.214. The summed E-state index contributed by atoms with van der Waals surface area (Å²) in [6, 6.07) is 11.8. The van der Waals surface area contributed by atoms with Crippen molar-refractivity contribution in [3.63, 3.8) is 0 Å². The molecule has 0 saturated carbocycles. The Hall–Kier alpha value is -3.00. The Labute approximate surface area is 191 Å². The fraction of sp³-hybridized carbons (Fsp3) is 0.375. The number of piperidine rings is 1. The molecule has 2 fully saturated rings. The third kappa shape index (κ3) is 4.19. The van der Waals surface area contributed by atoms with Crippen molar-refractivity contribution >= 4 is 40.8 Å². The molecule has 3 aliphatic rings. The molecule has 8 heteroatoms. The van der Waals surface area contributed by atoms with Gasteiger partial charge in [0.1, 0.15) is 12.3 Å². The molecule has 32 heavy (non-hydrogen) atoms. The quantitative estimate of drug-likeness (QED) is 0.657. The Kier molecular flexibility index (Phi) is 5.78. The Morgan fingerprint density at radius 2 is 1.78 bits per heavy atom. The fourth-order valence-corrected chi connectivity index (χ4v) is 5.23. The first-order valence-corrected chi connectivity index (χ1v) is 11.8. The van der Waals surface area contributed by atoms with Crippen molar-refractivity contribution in [3.05, 3.63) is 58.2 Å². The molecule has 0 bridgehead atoms. The standard InChI is InChI=1S/C24H25N3O4S/c28-21(26-13-10-17-6-2-3-7-18(17)15-26)16-27-23(29)20(32-24(27)30)14-19-8-9-22(31-19)25-11-4-1-5-12-25/h2-3,6-9,14H,1,4-5,10-13,15-16H2/b20-14-. The van der Waals surface area contributed by atoms with Crippen LogP contribution in [0.5, 0.6) is 0 Å². The van der Waals surface area contributed by atoms with Gasteiger partial charge in [-0.3, -0.25) is 19.3 Å². The maximum absolute atomic E-state index is 12.8. The van der Waals surface area contributed by atoms with Crippen LogP contribution in [0.15, 0.2) is 45.7 Å². The van der Waals surface area contributed by atoms with E-state index in [9.17, 15) is 14.4 Å². The molecule has 0 unspecified atom stereocenters. The van der Waals surface area contributed by atoms with Gasteiger partial charge in [-0.2, -0.15) is 0 Å². The average Bonchev–Trinajstić information content (AvgIpc) is 3.39. The van der Waals surface area contributed by atoms with E-state index in [0.717, 1.165) is 60.5 Å². The third-order valence-corrected chi connectivity index (χ3v) is 7.11. The fourth-order valence-electron chi connectivity index (χ4n) is 4.41. The molecule has 0 N–H and O–H groups in total. The first kappa shape index (κ1) is 20.9. The van der Waals surface area contributed by atoms with Gasteiger partial charge in [0, 0.05) is 38.3 Å². The molecule has 1 aromatic heterocycles. The molecule has 4 heterocycles. The number of anilines is 1. The van der Waals surface area contributed by atoms with Crippen LogP contribution in [-0.4, -0.2) is 53.0 Å². The molecule has 0 radical (unpaired) electrons. The first-order chi connectivity index (χ1) is 15.6. The van der Waals surface area contributed by atoms with E-state index in [4.69, 9.17) is 4.42 Å². The van der Waals surface area contributed by atoms with Crippen LogP contribution in [0.25, 0.3) is 6.08 Å². The SMILES string of the molecule is O=C(CN1C(=O)S/C(=C\c2ccc(N3CCCCC3)o2)C1=O)N1CCc2ccccc2C1. The van der Waals surface area contributed by atoms with Crippen molar-refractivity contribution in [2.24, 2.45) is 0 Å². The lowest BCUT2D eigenvalue weighted by atomic mass is 10.00. The van der Waals surface area contributed by atoms with Gasteiger partial charge in [-0.1, -0.05) is 24.3 Å². The van der Waals surface area contributed by atoms with Crippen LogP contribution in [0.3, 0.4) is 0 Å². The second-order valence-electron chi connectivity index (χ2n) is 8.33. The number of thioether (sulfide) groups is 1. The summed E-state index contributed by atoms with van der Waals surface area (Å²) in [7, 11) is 0. The van der Waals surface area contributed by atoms with E-state index < -0.39 is 11.1 Å². The normalized spacial score (nSPS) is 20.2. The van der Waals surface area contributed by atoms with E-state index in [-0.39, 0.29) is 17.4 Å². The van der Waals surface area contributed by atoms with Crippen molar-refractivity contribution in [1.82, 2.24) is 9.80 Å². The number of hydrogen-bond donors (Lipinski definition) is 0.